The lowest BCUT2D eigenvalue weighted by Crippen LogP contribution is -2.34. The molecule has 0 aliphatic heterocycles. The molecule has 0 spiro atoms. The highest BCUT2D eigenvalue weighted by Gasteiger charge is 2.16. The maximum Gasteiger partial charge on any atom is 0.264 e. The SMILES string of the molecule is COc1ccc(Cn2c(=O)c(C(=O)NCCc3ccc(C)cc3)cc3ccccc32)cc1. The lowest BCUT2D eigenvalue weighted by atomic mass is 10.1. The van der Waals surface area contributed by atoms with Crippen molar-refractivity contribution >= 4 is 16.8 Å². The lowest BCUT2D eigenvalue weighted by molar-refractivity contribution is 0.0952. The predicted molar refractivity (Wildman–Crippen MR) is 128 cm³/mol. The van der Waals surface area contributed by atoms with Crippen molar-refractivity contribution in [2.75, 3.05) is 13.7 Å². The zero-order valence-electron chi connectivity index (χ0n) is 18.3. The van der Waals surface area contributed by atoms with E-state index in [4.69, 9.17) is 4.74 Å². The molecule has 0 fully saturated rings. The van der Waals surface area contributed by atoms with Gasteiger partial charge in [0.25, 0.3) is 11.5 Å². The van der Waals surface area contributed by atoms with Gasteiger partial charge in [-0.3, -0.25) is 9.59 Å². The number of carbonyl (C=O) groups is 1. The maximum atomic E-state index is 13.3. The van der Waals surface area contributed by atoms with E-state index in [0.717, 1.165) is 27.8 Å². The van der Waals surface area contributed by atoms with Crippen molar-refractivity contribution < 1.29 is 9.53 Å². The molecule has 1 aromatic heterocycles. The van der Waals surface area contributed by atoms with E-state index in [1.165, 1.54) is 5.56 Å². The normalized spacial score (nSPS) is 10.8. The van der Waals surface area contributed by atoms with Crippen LogP contribution in [-0.4, -0.2) is 24.1 Å². The number of ether oxygens (including phenoxy) is 1. The Kier molecular flexibility index (Phi) is 6.36. The summed E-state index contributed by atoms with van der Waals surface area (Å²) >= 11 is 0. The molecule has 32 heavy (non-hydrogen) atoms. The minimum Gasteiger partial charge on any atom is -0.497 e. The molecule has 0 unspecified atom stereocenters. The van der Waals surface area contributed by atoms with Crippen molar-refractivity contribution in [3.63, 3.8) is 0 Å². The summed E-state index contributed by atoms with van der Waals surface area (Å²) in [7, 11) is 1.62. The first-order valence-electron chi connectivity index (χ1n) is 10.6. The van der Waals surface area contributed by atoms with Crippen LogP contribution >= 0.6 is 0 Å². The van der Waals surface area contributed by atoms with Gasteiger partial charge in [0, 0.05) is 6.54 Å². The molecular weight excluding hydrogens is 400 g/mol. The molecule has 0 aliphatic carbocycles. The van der Waals surface area contributed by atoms with Crippen molar-refractivity contribution in [2.45, 2.75) is 19.9 Å². The first-order valence-corrected chi connectivity index (χ1v) is 10.6. The van der Waals surface area contributed by atoms with Gasteiger partial charge in [-0.05, 0) is 54.1 Å². The quantitative estimate of drug-likeness (QED) is 0.478. The van der Waals surface area contributed by atoms with Gasteiger partial charge < -0.3 is 14.6 Å². The number of aromatic nitrogens is 1. The fraction of sp³-hybridized carbons (Fsp3) is 0.185. The third-order valence-electron chi connectivity index (χ3n) is 5.57. The van der Waals surface area contributed by atoms with Crippen LogP contribution in [0.3, 0.4) is 0 Å². The maximum absolute atomic E-state index is 13.3. The zero-order chi connectivity index (χ0) is 22.5. The van der Waals surface area contributed by atoms with E-state index in [1.807, 2.05) is 55.5 Å². The molecule has 4 rings (SSSR count). The van der Waals surface area contributed by atoms with Gasteiger partial charge in [-0.15, -0.1) is 0 Å². The number of fused-ring (bicyclic) bond motifs is 1. The molecule has 3 aromatic carbocycles. The van der Waals surface area contributed by atoms with Crippen molar-refractivity contribution in [1.29, 1.82) is 0 Å². The highest BCUT2D eigenvalue weighted by molar-refractivity contribution is 5.97. The van der Waals surface area contributed by atoms with Crippen LogP contribution in [0.15, 0.2) is 83.7 Å². The summed E-state index contributed by atoms with van der Waals surface area (Å²) in [6.45, 7) is 2.88. The highest BCUT2D eigenvalue weighted by atomic mass is 16.5. The van der Waals surface area contributed by atoms with E-state index in [9.17, 15) is 9.59 Å². The second-order valence-corrected chi connectivity index (χ2v) is 7.85. The number of para-hydroxylation sites is 1. The number of hydrogen-bond donors (Lipinski definition) is 1. The molecule has 0 radical (unpaired) electrons. The Hall–Kier alpha value is -3.86. The van der Waals surface area contributed by atoms with Crippen LogP contribution in [0.25, 0.3) is 10.9 Å². The number of hydrogen-bond acceptors (Lipinski definition) is 3. The zero-order valence-corrected chi connectivity index (χ0v) is 18.3. The molecule has 1 amide bonds. The summed E-state index contributed by atoms with van der Waals surface area (Å²) < 4.78 is 6.88. The highest BCUT2D eigenvalue weighted by Crippen LogP contribution is 2.17. The van der Waals surface area contributed by atoms with E-state index in [-0.39, 0.29) is 17.0 Å². The van der Waals surface area contributed by atoms with Crippen molar-refractivity contribution in [2.24, 2.45) is 0 Å². The summed E-state index contributed by atoms with van der Waals surface area (Å²) in [4.78, 5) is 26.2. The fourth-order valence-electron chi connectivity index (χ4n) is 3.73. The van der Waals surface area contributed by atoms with Crippen LogP contribution in [0.1, 0.15) is 27.0 Å². The van der Waals surface area contributed by atoms with Crippen LogP contribution in [-0.2, 0) is 13.0 Å². The van der Waals surface area contributed by atoms with Gasteiger partial charge in [0.1, 0.15) is 11.3 Å². The molecule has 1 heterocycles. The van der Waals surface area contributed by atoms with E-state index in [0.29, 0.717) is 19.5 Å². The number of benzene rings is 3. The van der Waals surface area contributed by atoms with Crippen molar-refractivity contribution in [1.82, 2.24) is 9.88 Å². The number of carbonyl (C=O) groups excluding carboxylic acids is 1. The molecule has 1 N–H and O–H groups in total. The van der Waals surface area contributed by atoms with E-state index >= 15 is 0 Å². The van der Waals surface area contributed by atoms with Crippen LogP contribution in [0.2, 0.25) is 0 Å². The van der Waals surface area contributed by atoms with E-state index < -0.39 is 0 Å². The van der Waals surface area contributed by atoms with Gasteiger partial charge in [-0.1, -0.05) is 60.2 Å². The summed E-state index contributed by atoms with van der Waals surface area (Å²) in [5, 5.41) is 3.76. The molecule has 5 heteroatoms. The number of amides is 1. The van der Waals surface area contributed by atoms with Crippen LogP contribution < -0.4 is 15.6 Å². The number of aryl methyl sites for hydroxylation is 1. The molecule has 162 valence electrons. The number of nitrogens with zero attached hydrogens (tertiary/aromatic N) is 1. The Morgan fingerprint density at radius 1 is 0.938 bits per heavy atom. The van der Waals surface area contributed by atoms with Crippen molar-refractivity contribution in [3.05, 3.63) is 111 Å². The standard InChI is InChI=1S/C27H26N2O3/c1-19-7-9-20(10-8-19)15-16-28-26(30)24-17-22-5-3-4-6-25(22)29(27(24)31)18-21-11-13-23(32-2)14-12-21/h3-14,17H,15-16,18H2,1-2H3,(H,28,30). The summed E-state index contributed by atoms with van der Waals surface area (Å²) in [5.74, 6) is 0.406. The van der Waals surface area contributed by atoms with Crippen LogP contribution in [0.4, 0.5) is 0 Å². The first-order chi connectivity index (χ1) is 15.5. The predicted octanol–water partition coefficient (Wildman–Crippen LogP) is 4.34. The van der Waals surface area contributed by atoms with Gasteiger partial charge >= 0.3 is 0 Å². The Morgan fingerprint density at radius 2 is 1.62 bits per heavy atom. The molecule has 5 nitrogen and oxygen atoms in total. The fourth-order valence-corrected chi connectivity index (χ4v) is 3.73. The minimum absolute atomic E-state index is 0.154. The Bertz CT molecular complexity index is 1290. The lowest BCUT2D eigenvalue weighted by Gasteiger charge is -2.14. The number of nitrogens with one attached hydrogen (secondary N) is 1. The van der Waals surface area contributed by atoms with Gasteiger partial charge in [0.2, 0.25) is 0 Å². The van der Waals surface area contributed by atoms with Crippen molar-refractivity contribution in [3.8, 4) is 5.75 Å². The summed E-state index contributed by atoms with van der Waals surface area (Å²) in [6, 6.07) is 25.1. The van der Waals surface area contributed by atoms with Gasteiger partial charge in [0.15, 0.2) is 0 Å². The summed E-state index contributed by atoms with van der Waals surface area (Å²) in [5.41, 5.74) is 3.95. The van der Waals surface area contributed by atoms with Crippen LogP contribution in [0.5, 0.6) is 5.75 Å². The smallest absolute Gasteiger partial charge is 0.264 e. The molecule has 4 aromatic rings. The molecule has 0 saturated carbocycles. The third kappa shape index (κ3) is 4.72. The molecule has 0 aliphatic rings. The summed E-state index contributed by atoms with van der Waals surface area (Å²) in [6.07, 6.45) is 0.708. The van der Waals surface area contributed by atoms with Crippen LogP contribution in [0, 0.1) is 6.92 Å². The van der Waals surface area contributed by atoms with E-state index in [1.54, 1.807) is 17.7 Å². The number of pyridine rings is 1. The molecule has 0 saturated heterocycles. The molecule has 0 bridgehead atoms. The minimum atomic E-state index is -0.351. The second-order valence-electron chi connectivity index (χ2n) is 7.85. The first kappa shape index (κ1) is 21.4. The van der Waals surface area contributed by atoms with Gasteiger partial charge in [0.05, 0.1) is 19.2 Å². The van der Waals surface area contributed by atoms with Gasteiger partial charge in [-0.25, -0.2) is 0 Å². The van der Waals surface area contributed by atoms with E-state index in [2.05, 4.69) is 29.6 Å². The average Bonchev–Trinajstić information content (AvgIpc) is 2.82. The molecule has 0 atom stereocenters. The Morgan fingerprint density at radius 3 is 2.34 bits per heavy atom. The monoisotopic (exact) mass is 426 g/mol. The van der Waals surface area contributed by atoms with Gasteiger partial charge in [-0.2, -0.15) is 0 Å². The Labute approximate surface area is 187 Å². The second kappa shape index (κ2) is 9.52. The molecular formula is C27H26N2O3. The topological polar surface area (TPSA) is 60.3 Å². The number of methoxy groups -OCH3 is 1. The third-order valence-corrected chi connectivity index (χ3v) is 5.57. The average molecular weight is 427 g/mol. The largest absolute Gasteiger partial charge is 0.497 e. The number of rotatable bonds is 7. The Balaban J connectivity index is 1.59.